The predicted octanol–water partition coefficient (Wildman–Crippen LogP) is 1.76. The molecule has 19 heavy (non-hydrogen) atoms. The molecular weight excluding hydrogens is 269 g/mol. The summed E-state index contributed by atoms with van der Waals surface area (Å²) >= 11 is 0. The molecule has 2 aromatic rings. The van der Waals surface area contributed by atoms with Crippen LogP contribution in [0.3, 0.4) is 0 Å². The number of imidazole rings is 1. The monoisotopic (exact) mass is 283 g/mol. The highest BCUT2D eigenvalue weighted by Crippen LogP contribution is 2.16. The third-order valence-electron chi connectivity index (χ3n) is 2.69. The van der Waals surface area contributed by atoms with Gasteiger partial charge < -0.3 is 4.98 Å². The number of sulfonamides is 1. The molecule has 0 aliphatic rings. The van der Waals surface area contributed by atoms with Gasteiger partial charge in [-0.05, 0) is 17.7 Å². The zero-order valence-corrected chi connectivity index (χ0v) is 11.2. The molecule has 7 heteroatoms. The van der Waals surface area contributed by atoms with Gasteiger partial charge in [0.25, 0.3) is 10.0 Å². The Hall–Kier alpha value is -1.73. The van der Waals surface area contributed by atoms with Crippen molar-refractivity contribution in [2.45, 2.75) is 18.5 Å². The fourth-order valence-corrected chi connectivity index (χ4v) is 3.06. The van der Waals surface area contributed by atoms with E-state index in [9.17, 15) is 12.8 Å². The molecule has 0 saturated heterocycles. The molecule has 0 unspecified atom stereocenters. The summed E-state index contributed by atoms with van der Waals surface area (Å²) in [5.74, 6) is -0.382. The van der Waals surface area contributed by atoms with Crippen molar-refractivity contribution >= 4 is 10.0 Å². The van der Waals surface area contributed by atoms with E-state index in [-0.39, 0.29) is 23.9 Å². The molecule has 0 fully saturated rings. The largest absolute Gasteiger partial charge is 0.335 e. The minimum absolute atomic E-state index is 0.0331. The second-order valence-corrected chi connectivity index (χ2v) is 5.88. The van der Waals surface area contributed by atoms with E-state index in [0.717, 1.165) is 0 Å². The van der Waals surface area contributed by atoms with Gasteiger partial charge in [-0.2, -0.15) is 4.31 Å². The SMILES string of the molecule is CCN(Cc1cccc(F)c1)S(=O)(=O)c1cnc[nH]1. The maximum Gasteiger partial charge on any atom is 0.260 e. The van der Waals surface area contributed by atoms with E-state index < -0.39 is 10.0 Å². The summed E-state index contributed by atoms with van der Waals surface area (Å²) in [5.41, 5.74) is 0.602. The van der Waals surface area contributed by atoms with Crippen LogP contribution in [0.1, 0.15) is 12.5 Å². The van der Waals surface area contributed by atoms with Crippen LogP contribution in [0.25, 0.3) is 0 Å². The van der Waals surface area contributed by atoms with Crippen molar-refractivity contribution in [3.05, 3.63) is 48.2 Å². The average Bonchev–Trinajstić information content (AvgIpc) is 2.90. The number of H-pyrrole nitrogens is 1. The van der Waals surface area contributed by atoms with Crippen molar-refractivity contribution in [1.29, 1.82) is 0 Å². The van der Waals surface area contributed by atoms with Crippen LogP contribution in [0.5, 0.6) is 0 Å². The molecule has 0 aliphatic carbocycles. The van der Waals surface area contributed by atoms with Gasteiger partial charge >= 0.3 is 0 Å². The second kappa shape index (κ2) is 5.50. The third kappa shape index (κ3) is 2.99. The number of nitrogens with zero attached hydrogens (tertiary/aromatic N) is 2. The normalized spacial score (nSPS) is 11.9. The maximum atomic E-state index is 13.1. The van der Waals surface area contributed by atoms with Gasteiger partial charge in [0.15, 0.2) is 5.03 Å². The van der Waals surface area contributed by atoms with Gasteiger partial charge in [-0.25, -0.2) is 17.8 Å². The van der Waals surface area contributed by atoms with E-state index in [4.69, 9.17) is 0 Å². The van der Waals surface area contributed by atoms with Crippen LogP contribution in [-0.4, -0.2) is 29.2 Å². The van der Waals surface area contributed by atoms with E-state index in [2.05, 4.69) is 9.97 Å². The van der Waals surface area contributed by atoms with Gasteiger partial charge in [0.1, 0.15) is 5.82 Å². The van der Waals surface area contributed by atoms with Gasteiger partial charge in [0.2, 0.25) is 0 Å². The predicted molar refractivity (Wildman–Crippen MR) is 68.3 cm³/mol. The Morgan fingerprint density at radius 1 is 1.42 bits per heavy atom. The Kier molecular flexibility index (Phi) is 3.96. The van der Waals surface area contributed by atoms with E-state index in [0.29, 0.717) is 5.56 Å². The van der Waals surface area contributed by atoms with Crippen molar-refractivity contribution in [2.75, 3.05) is 6.54 Å². The first-order valence-corrected chi connectivity index (χ1v) is 7.21. The first-order valence-electron chi connectivity index (χ1n) is 5.77. The molecular formula is C12H14FN3O2S. The highest BCUT2D eigenvalue weighted by molar-refractivity contribution is 7.89. The molecule has 1 aromatic heterocycles. The number of rotatable bonds is 5. The van der Waals surface area contributed by atoms with Crippen LogP contribution in [0.4, 0.5) is 4.39 Å². The minimum atomic E-state index is -3.63. The van der Waals surface area contributed by atoms with Gasteiger partial charge in [0.05, 0.1) is 12.5 Å². The van der Waals surface area contributed by atoms with Crippen molar-refractivity contribution in [1.82, 2.24) is 14.3 Å². The number of benzene rings is 1. The molecule has 1 aromatic carbocycles. The number of hydrogen-bond donors (Lipinski definition) is 1. The van der Waals surface area contributed by atoms with Crippen LogP contribution in [0.2, 0.25) is 0 Å². The van der Waals surface area contributed by atoms with E-state index in [1.54, 1.807) is 19.1 Å². The van der Waals surface area contributed by atoms with E-state index in [1.165, 1.54) is 29.0 Å². The molecule has 0 saturated carbocycles. The molecule has 1 N–H and O–H groups in total. The van der Waals surface area contributed by atoms with E-state index in [1.807, 2.05) is 0 Å². The number of aromatic nitrogens is 2. The van der Waals surface area contributed by atoms with E-state index >= 15 is 0 Å². The summed E-state index contributed by atoms with van der Waals surface area (Å²) in [6.45, 7) is 2.14. The lowest BCUT2D eigenvalue weighted by Gasteiger charge is -2.19. The van der Waals surface area contributed by atoms with Crippen molar-refractivity contribution < 1.29 is 12.8 Å². The molecule has 0 radical (unpaired) electrons. The minimum Gasteiger partial charge on any atom is -0.335 e. The van der Waals surface area contributed by atoms with Crippen LogP contribution < -0.4 is 0 Å². The molecule has 2 rings (SSSR count). The van der Waals surface area contributed by atoms with Gasteiger partial charge in [-0.3, -0.25) is 0 Å². The molecule has 0 amide bonds. The summed E-state index contributed by atoms with van der Waals surface area (Å²) in [5, 5.41) is 0.0331. The lowest BCUT2D eigenvalue weighted by Crippen LogP contribution is -2.30. The fraction of sp³-hybridized carbons (Fsp3) is 0.250. The smallest absolute Gasteiger partial charge is 0.260 e. The van der Waals surface area contributed by atoms with Gasteiger partial charge in [0, 0.05) is 13.1 Å². The zero-order chi connectivity index (χ0) is 13.9. The van der Waals surface area contributed by atoms with Gasteiger partial charge in [-0.15, -0.1) is 0 Å². The van der Waals surface area contributed by atoms with Crippen LogP contribution in [0, 0.1) is 5.82 Å². The number of aromatic amines is 1. The summed E-state index contributed by atoms with van der Waals surface area (Å²) in [6.07, 6.45) is 2.56. The topological polar surface area (TPSA) is 66.1 Å². The lowest BCUT2D eigenvalue weighted by molar-refractivity contribution is 0.420. The second-order valence-electron chi connectivity index (χ2n) is 3.98. The Morgan fingerprint density at radius 2 is 2.21 bits per heavy atom. The van der Waals surface area contributed by atoms with Gasteiger partial charge in [-0.1, -0.05) is 19.1 Å². The Labute approximate surface area is 111 Å². The molecule has 102 valence electrons. The van der Waals surface area contributed by atoms with Crippen molar-refractivity contribution in [3.8, 4) is 0 Å². The number of hydrogen-bond acceptors (Lipinski definition) is 3. The van der Waals surface area contributed by atoms with Crippen molar-refractivity contribution in [3.63, 3.8) is 0 Å². The first-order chi connectivity index (χ1) is 9.04. The maximum absolute atomic E-state index is 13.1. The highest BCUT2D eigenvalue weighted by Gasteiger charge is 2.24. The standard InChI is InChI=1S/C12H14FN3O2S/c1-2-16(8-10-4-3-5-11(13)6-10)19(17,18)12-7-14-9-15-12/h3-7,9H,2,8H2,1H3,(H,14,15). The van der Waals surface area contributed by atoms with Crippen LogP contribution in [-0.2, 0) is 16.6 Å². The highest BCUT2D eigenvalue weighted by atomic mass is 32.2. The molecule has 1 heterocycles. The summed E-state index contributed by atoms with van der Waals surface area (Å²) in [4.78, 5) is 6.28. The fourth-order valence-electron chi connectivity index (χ4n) is 1.73. The molecule has 5 nitrogen and oxygen atoms in total. The molecule has 0 bridgehead atoms. The first kappa shape index (κ1) is 13.7. The zero-order valence-electron chi connectivity index (χ0n) is 10.4. The summed E-state index contributed by atoms with van der Waals surface area (Å²) in [7, 11) is -3.63. The lowest BCUT2D eigenvalue weighted by atomic mass is 10.2. The molecule has 0 spiro atoms. The van der Waals surface area contributed by atoms with Crippen molar-refractivity contribution in [2.24, 2.45) is 0 Å². The third-order valence-corrected chi connectivity index (χ3v) is 4.54. The molecule has 0 aliphatic heterocycles. The number of halogens is 1. The average molecular weight is 283 g/mol. The van der Waals surface area contributed by atoms with Crippen LogP contribution >= 0.6 is 0 Å². The number of nitrogens with one attached hydrogen (secondary N) is 1. The Balaban J connectivity index is 2.26. The van der Waals surface area contributed by atoms with Crippen LogP contribution in [0.15, 0.2) is 41.8 Å². The summed E-state index contributed by atoms with van der Waals surface area (Å²) < 4.78 is 38.9. The molecule has 0 atom stereocenters. The Morgan fingerprint density at radius 3 is 2.79 bits per heavy atom. The summed E-state index contributed by atoms with van der Waals surface area (Å²) in [6, 6.07) is 5.89. The Bertz CT molecular complexity index is 641. The quantitative estimate of drug-likeness (QED) is 0.909.